The van der Waals surface area contributed by atoms with E-state index in [1.807, 2.05) is 110 Å². The summed E-state index contributed by atoms with van der Waals surface area (Å²) in [6.45, 7) is 2.23. The third-order valence-electron chi connectivity index (χ3n) is 8.16. The van der Waals surface area contributed by atoms with Gasteiger partial charge in [-0.1, -0.05) is 96.3 Å². The molecule has 1 aromatic heterocycles. The summed E-state index contributed by atoms with van der Waals surface area (Å²) in [5, 5.41) is 5.31. The first-order valence-corrected chi connectivity index (χ1v) is 16.0. The summed E-state index contributed by atoms with van der Waals surface area (Å²) in [6.07, 6.45) is 1.85. The molecule has 1 amide bonds. The summed E-state index contributed by atoms with van der Waals surface area (Å²) in [5.41, 5.74) is 4.08. The Balaban J connectivity index is 1.24. The lowest BCUT2D eigenvalue weighted by molar-refractivity contribution is -0.113. The third-order valence-corrected chi connectivity index (χ3v) is 9.14. The SMILES string of the molecule is COc1ccc([C@H]2C(C(=O)Nc3ccccc3)=C(C)N=c3s/c(=C/c4cccc(OCc5cccc6ccccc56)c4)c(=O)n32)cc1. The summed E-state index contributed by atoms with van der Waals surface area (Å²) in [4.78, 5) is 33.2. The average Bonchev–Trinajstić information content (AvgIpc) is 3.40. The molecule has 2 heterocycles. The molecule has 1 aliphatic rings. The van der Waals surface area contributed by atoms with Crippen LogP contribution in [0.2, 0.25) is 0 Å². The molecule has 0 saturated heterocycles. The number of nitrogens with zero attached hydrogens (tertiary/aromatic N) is 2. The number of carbonyl (C=O) groups excluding carboxylic acids is 1. The van der Waals surface area contributed by atoms with Crippen LogP contribution in [0, 0.1) is 0 Å². The maximum atomic E-state index is 14.1. The van der Waals surface area contributed by atoms with Crippen molar-refractivity contribution < 1.29 is 14.3 Å². The number of benzene rings is 5. The van der Waals surface area contributed by atoms with Crippen molar-refractivity contribution in [2.75, 3.05) is 12.4 Å². The summed E-state index contributed by atoms with van der Waals surface area (Å²) in [7, 11) is 1.60. The second-order valence-corrected chi connectivity index (χ2v) is 12.2. The van der Waals surface area contributed by atoms with Gasteiger partial charge in [0, 0.05) is 5.69 Å². The van der Waals surface area contributed by atoms with Crippen LogP contribution in [0.25, 0.3) is 16.8 Å². The number of anilines is 1. The lowest BCUT2D eigenvalue weighted by atomic mass is 9.95. The number of nitrogens with one attached hydrogen (secondary N) is 1. The zero-order valence-corrected chi connectivity index (χ0v) is 26.7. The number of hydrogen-bond donors (Lipinski definition) is 1. The minimum Gasteiger partial charge on any atom is -0.497 e. The Labute approximate surface area is 275 Å². The molecule has 1 atom stereocenters. The van der Waals surface area contributed by atoms with Gasteiger partial charge >= 0.3 is 0 Å². The van der Waals surface area contributed by atoms with Crippen molar-refractivity contribution in [3.63, 3.8) is 0 Å². The van der Waals surface area contributed by atoms with Gasteiger partial charge in [0.05, 0.1) is 29.0 Å². The second-order valence-electron chi connectivity index (χ2n) is 11.2. The molecule has 0 spiro atoms. The van der Waals surface area contributed by atoms with Crippen molar-refractivity contribution in [3.05, 3.63) is 169 Å². The van der Waals surface area contributed by atoms with Gasteiger partial charge in [-0.05, 0) is 76.9 Å². The van der Waals surface area contributed by atoms with E-state index in [0.29, 0.717) is 44.4 Å². The fraction of sp³-hybridized carbons (Fsp3) is 0.103. The highest BCUT2D eigenvalue weighted by atomic mass is 32.1. The first-order valence-electron chi connectivity index (χ1n) is 15.2. The normalized spacial score (nSPS) is 14.4. The van der Waals surface area contributed by atoms with Crippen LogP contribution < -0.4 is 29.7 Å². The molecule has 1 aliphatic heterocycles. The van der Waals surface area contributed by atoms with Gasteiger partial charge in [0.15, 0.2) is 4.80 Å². The fourth-order valence-corrected chi connectivity index (χ4v) is 6.90. The first kappa shape index (κ1) is 30.0. The number of rotatable bonds is 8. The van der Waals surface area contributed by atoms with E-state index < -0.39 is 6.04 Å². The van der Waals surface area contributed by atoms with Crippen LogP contribution in [0.1, 0.15) is 29.7 Å². The number of thiazole rings is 1. The van der Waals surface area contributed by atoms with E-state index in [4.69, 9.17) is 14.5 Å². The number of methoxy groups -OCH3 is 1. The number of para-hydroxylation sites is 1. The maximum absolute atomic E-state index is 14.1. The fourth-order valence-electron chi connectivity index (χ4n) is 5.86. The van der Waals surface area contributed by atoms with Gasteiger partial charge in [-0.2, -0.15) is 0 Å². The molecular formula is C39H31N3O4S. The van der Waals surface area contributed by atoms with Crippen LogP contribution in [0.5, 0.6) is 11.5 Å². The molecule has 0 bridgehead atoms. The van der Waals surface area contributed by atoms with Crippen molar-refractivity contribution in [1.82, 2.24) is 4.57 Å². The lowest BCUT2D eigenvalue weighted by Crippen LogP contribution is -2.40. The van der Waals surface area contributed by atoms with Crippen molar-refractivity contribution in [1.29, 1.82) is 0 Å². The van der Waals surface area contributed by atoms with E-state index in [1.54, 1.807) is 11.7 Å². The molecule has 7 rings (SSSR count). The van der Waals surface area contributed by atoms with E-state index in [1.165, 1.54) is 16.7 Å². The van der Waals surface area contributed by atoms with Crippen LogP contribution in [-0.4, -0.2) is 17.6 Å². The summed E-state index contributed by atoms with van der Waals surface area (Å²) >= 11 is 1.30. The van der Waals surface area contributed by atoms with Crippen molar-refractivity contribution in [2.45, 2.75) is 19.6 Å². The number of hydrogen-bond acceptors (Lipinski definition) is 6. The van der Waals surface area contributed by atoms with Crippen molar-refractivity contribution in [2.24, 2.45) is 4.99 Å². The molecular weight excluding hydrogens is 607 g/mol. The monoisotopic (exact) mass is 637 g/mol. The van der Waals surface area contributed by atoms with Gasteiger partial charge in [0.2, 0.25) is 0 Å². The number of carbonyl (C=O) groups is 1. The van der Waals surface area contributed by atoms with Crippen molar-refractivity contribution >= 4 is 39.8 Å². The standard InChI is InChI=1S/C39H31N3O4S/c1-25-35(37(43)41-30-14-4-3-5-15-30)36(28-18-20-31(45-2)21-19-28)42-38(44)34(47-39(42)40-25)23-26-10-8-16-32(22-26)46-24-29-13-9-12-27-11-6-7-17-33(27)29/h3-23,36H,24H2,1-2H3,(H,41,43)/b34-23+/t36-/m0/s1. The molecule has 0 radical (unpaired) electrons. The number of fused-ring (bicyclic) bond motifs is 2. The summed E-state index contributed by atoms with van der Waals surface area (Å²) in [6, 6.07) is 38.1. The van der Waals surface area contributed by atoms with Crippen LogP contribution >= 0.6 is 11.3 Å². The predicted octanol–water partition coefficient (Wildman–Crippen LogP) is 6.61. The second kappa shape index (κ2) is 12.9. The van der Waals surface area contributed by atoms with Gasteiger partial charge < -0.3 is 14.8 Å². The summed E-state index contributed by atoms with van der Waals surface area (Å²) in [5.74, 6) is 1.06. The van der Waals surface area contributed by atoms with Gasteiger partial charge in [0.25, 0.3) is 11.5 Å². The minimum absolute atomic E-state index is 0.228. The maximum Gasteiger partial charge on any atom is 0.271 e. The number of aromatic nitrogens is 1. The van der Waals surface area contributed by atoms with Crippen molar-refractivity contribution in [3.8, 4) is 11.5 Å². The van der Waals surface area contributed by atoms with Gasteiger partial charge in [0.1, 0.15) is 18.1 Å². The van der Waals surface area contributed by atoms with E-state index in [-0.39, 0.29) is 11.5 Å². The smallest absolute Gasteiger partial charge is 0.271 e. The Bertz CT molecular complexity index is 2320. The number of allylic oxidation sites excluding steroid dienone is 1. The number of ether oxygens (including phenoxy) is 2. The minimum atomic E-state index is -0.682. The Kier molecular flexibility index (Phi) is 8.25. The van der Waals surface area contributed by atoms with Crippen LogP contribution in [0.15, 0.2) is 142 Å². The summed E-state index contributed by atoms with van der Waals surface area (Å²) < 4.78 is 13.7. The average molecular weight is 638 g/mol. The highest BCUT2D eigenvalue weighted by Crippen LogP contribution is 2.32. The van der Waals surface area contributed by atoms with Crippen LogP contribution in [0.3, 0.4) is 0 Å². The molecule has 0 unspecified atom stereocenters. The van der Waals surface area contributed by atoms with E-state index >= 15 is 0 Å². The van der Waals surface area contributed by atoms with Gasteiger partial charge in [-0.15, -0.1) is 0 Å². The molecule has 6 aromatic rings. The molecule has 47 heavy (non-hydrogen) atoms. The lowest BCUT2D eigenvalue weighted by Gasteiger charge is -2.25. The van der Waals surface area contributed by atoms with Crippen LogP contribution in [-0.2, 0) is 11.4 Å². The zero-order valence-electron chi connectivity index (χ0n) is 25.8. The third kappa shape index (κ3) is 6.11. The Morgan fingerprint density at radius 1 is 0.894 bits per heavy atom. The van der Waals surface area contributed by atoms with Gasteiger partial charge in [-0.25, -0.2) is 4.99 Å². The Morgan fingerprint density at radius 3 is 2.45 bits per heavy atom. The molecule has 0 fully saturated rings. The number of amides is 1. The largest absolute Gasteiger partial charge is 0.497 e. The van der Waals surface area contributed by atoms with E-state index in [2.05, 4.69) is 29.6 Å². The Hall–Kier alpha value is -5.73. The van der Waals surface area contributed by atoms with E-state index in [9.17, 15) is 9.59 Å². The molecule has 5 aromatic carbocycles. The molecule has 0 aliphatic carbocycles. The highest BCUT2D eigenvalue weighted by molar-refractivity contribution is 7.07. The first-order chi connectivity index (χ1) is 23.0. The topological polar surface area (TPSA) is 81.9 Å². The predicted molar refractivity (Wildman–Crippen MR) is 187 cm³/mol. The molecule has 232 valence electrons. The highest BCUT2D eigenvalue weighted by Gasteiger charge is 2.32. The molecule has 8 heteroatoms. The van der Waals surface area contributed by atoms with Gasteiger partial charge in [-0.3, -0.25) is 14.2 Å². The van der Waals surface area contributed by atoms with E-state index in [0.717, 1.165) is 22.1 Å². The quantitative estimate of drug-likeness (QED) is 0.204. The zero-order chi connectivity index (χ0) is 32.3. The Morgan fingerprint density at radius 2 is 1.64 bits per heavy atom. The molecule has 0 saturated carbocycles. The molecule has 7 nitrogen and oxygen atoms in total. The van der Waals surface area contributed by atoms with Crippen LogP contribution in [0.4, 0.5) is 5.69 Å². The molecule has 1 N–H and O–H groups in total.